The molecule has 4 atom stereocenters. The zero-order valence-corrected chi connectivity index (χ0v) is 25.0. The summed E-state index contributed by atoms with van der Waals surface area (Å²) in [4.78, 5) is 50.8. The highest BCUT2D eigenvalue weighted by Gasteiger charge is 2.72. The normalized spacial score (nSPS) is 26.8. The van der Waals surface area contributed by atoms with E-state index in [4.69, 9.17) is 55.9 Å². The van der Waals surface area contributed by atoms with Crippen LogP contribution >= 0.6 is 46.4 Å². The third-order valence-corrected chi connectivity index (χ3v) is 10.4. The Hall–Kier alpha value is -3.44. The number of halogens is 4. The molecule has 0 saturated heterocycles. The largest absolute Gasteiger partial charge is 0.508 e. The maximum absolute atomic E-state index is 14.0. The second kappa shape index (κ2) is 9.80. The first kappa shape index (κ1) is 28.7. The number of ether oxygens (including phenoxy) is 2. The van der Waals surface area contributed by atoms with Gasteiger partial charge in [0.1, 0.15) is 37.1 Å². The van der Waals surface area contributed by atoms with Gasteiger partial charge in [-0.1, -0.05) is 47.5 Å². The van der Waals surface area contributed by atoms with Crippen LogP contribution in [-0.4, -0.2) is 54.6 Å². The van der Waals surface area contributed by atoms with Crippen LogP contribution in [-0.2, 0) is 16.1 Å². The molecule has 0 unspecified atom stereocenters. The zero-order valence-electron chi connectivity index (χ0n) is 21.9. The molecule has 14 heteroatoms. The molecule has 42 heavy (non-hydrogen) atoms. The van der Waals surface area contributed by atoms with Gasteiger partial charge in [-0.2, -0.15) is 0 Å². The summed E-state index contributed by atoms with van der Waals surface area (Å²) in [5.74, 6) is -3.22. The van der Waals surface area contributed by atoms with Gasteiger partial charge in [0.15, 0.2) is 11.6 Å². The van der Waals surface area contributed by atoms with Crippen molar-refractivity contribution in [3.63, 3.8) is 0 Å². The van der Waals surface area contributed by atoms with E-state index in [2.05, 4.69) is 0 Å². The van der Waals surface area contributed by atoms with Crippen molar-refractivity contribution in [3.8, 4) is 22.9 Å². The Morgan fingerprint density at radius 2 is 1.50 bits per heavy atom. The smallest absolute Gasteiger partial charge is 0.352 e. The van der Waals surface area contributed by atoms with Gasteiger partial charge < -0.3 is 14.6 Å². The first-order valence-corrected chi connectivity index (χ1v) is 14.1. The second-order valence-electron chi connectivity index (χ2n) is 10.1. The second-order valence-corrected chi connectivity index (χ2v) is 12.1. The first-order chi connectivity index (χ1) is 19.9. The summed E-state index contributed by atoms with van der Waals surface area (Å²) in [5.41, 5.74) is -0.409. The lowest BCUT2D eigenvalue weighted by Gasteiger charge is -2.54. The number of para-hydroxylation sites is 1. The Morgan fingerprint density at radius 3 is 2.10 bits per heavy atom. The summed E-state index contributed by atoms with van der Waals surface area (Å²) < 4.78 is 14.6. The van der Waals surface area contributed by atoms with Crippen LogP contribution in [0.4, 0.5) is 0 Å². The van der Waals surface area contributed by atoms with Crippen molar-refractivity contribution in [2.45, 2.75) is 34.7 Å². The minimum Gasteiger partial charge on any atom is -0.508 e. The van der Waals surface area contributed by atoms with Gasteiger partial charge >= 0.3 is 11.4 Å². The minimum atomic E-state index is -2.28. The highest BCUT2D eigenvalue weighted by Crippen LogP contribution is 2.65. The number of nitrogens with zero attached hydrogens (tertiary/aromatic N) is 3. The molecule has 1 N–H and O–H groups in total. The Morgan fingerprint density at radius 1 is 0.905 bits per heavy atom. The van der Waals surface area contributed by atoms with Gasteiger partial charge in [-0.15, -0.1) is 23.2 Å². The van der Waals surface area contributed by atoms with Crippen molar-refractivity contribution in [2.24, 2.45) is 0 Å². The van der Waals surface area contributed by atoms with Crippen LogP contribution in [0.2, 0.25) is 0 Å². The highest BCUT2D eigenvalue weighted by atomic mass is 35.5. The summed E-state index contributed by atoms with van der Waals surface area (Å²) in [5, 5.41) is 9.17. The third kappa shape index (κ3) is 3.58. The van der Waals surface area contributed by atoms with Crippen molar-refractivity contribution >= 4 is 58.0 Å². The molecule has 3 aromatic rings. The molecular formula is C28H21Cl4N3O7. The number of benzene rings is 2. The fourth-order valence-electron chi connectivity index (χ4n) is 6.29. The number of fused-ring (bicyclic) bond motifs is 4. The Bertz CT molecular complexity index is 1850. The first-order valence-electron chi connectivity index (χ1n) is 12.6. The summed E-state index contributed by atoms with van der Waals surface area (Å²) in [6.07, 6.45) is 1.27. The number of Topliss-reactive ketones (excluding diaryl/α,β-unsaturated/α-hetero) is 2. The van der Waals surface area contributed by atoms with Gasteiger partial charge in [-0.25, -0.2) is 23.5 Å². The summed E-state index contributed by atoms with van der Waals surface area (Å²) in [7, 11) is 2.67. The van der Waals surface area contributed by atoms with Gasteiger partial charge in [0.2, 0.25) is 0 Å². The number of phenolic OH excluding ortho intramolecular Hbond substituents is 1. The van der Waals surface area contributed by atoms with Crippen LogP contribution in [0.3, 0.4) is 0 Å². The lowest BCUT2D eigenvalue weighted by atomic mass is 9.59. The van der Waals surface area contributed by atoms with Gasteiger partial charge in [0.05, 0.1) is 32.5 Å². The number of carbonyl (C=O) groups is 2. The molecule has 0 amide bonds. The minimum absolute atomic E-state index is 0.0617. The SMILES string of the molecule is COc1cc(O)cc(OC)c1[C@H]1C2=CCn3c(=O)n(-c4ccccc4)c(=O)n3[C@@H]2C[C@@]2(Cl)C(=O)C(Cl)=C(Cl)C(=O)[C@@]12Cl. The van der Waals surface area contributed by atoms with E-state index in [9.17, 15) is 24.3 Å². The van der Waals surface area contributed by atoms with Gasteiger partial charge in [-0.05, 0) is 17.7 Å². The topological polar surface area (TPSA) is 122 Å². The fraction of sp³-hybridized carbons (Fsp3) is 0.286. The number of rotatable bonds is 4. The summed E-state index contributed by atoms with van der Waals surface area (Å²) in [6.45, 7) is -0.0757. The van der Waals surface area contributed by atoms with E-state index in [1.54, 1.807) is 36.4 Å². The number of allylic oxidation sites excluding steroid dienone is 4. The van der Waals surface area contributed by atoms with Crippen LogP contribution in [0.1, 0.15) is 23.9 Å². The monoisotopic (exact) mass is 651 g/mol. The molecule has 0 spiro atoms. The summed E-state index contributed by atoms with van der Waals surface area (Å²) in [6, 6.07) is 9.88. The number of methoxy groups -OCH3 is 2. The number of phenols is 1. The number of aromatic nitrogens is 3. The molecule has 0 bridgehead atoms. The number of ketones is 2. The van der Waals surface area contributed by atoms with Crippen LogP contribution < -0.4 is 20.9 Å². The standard InChI is InChI=1S/C28H21Cl4N3O7/c1-41-17-10-14(36)11-18(42-2)19(17)20-15-8-9-33-25(39)34(13-6-4-3-5-7-13)26(40)35(33)16(15)12-27(31)23(37)21(29)22(30)24(38)28(20,27)32/h3-8,10-11,16,20,36H,9,12H2,1-2H3/t16-,20-,27-,28+/m1/s1. The van der Waals surface area contributed by atoms with E-state index in [1.807, 2.05) is 0 Å². The van der Waals surface area contributed by atoms with E-state index in [1.165, 1.54) is 35.7 Å². The van der Waals surface area contributed by atoms with Crippen LogP contribution in [0.5, 0.6) is 17.2 Å². The molecule has 1 aromatic heterocycles. The molecule has 3 aliphatic rings. The third-order valence-electron chi connectivity index (χ3n) is 8.14. The molecule has 6 rings (SSSR count). The molecule has 10 nitrogen and oxygen atoms in total. The highest BCUT2D eigenvalue weighted by molar-refractivity contribution is 6.66. The predicted octanol–water partition coefficient (Wildman–Crippen LogP) is 3.99. The molecule has 1 aliphatic heterocycles. The molecule has 1 fully saturated rings. The number of hydrogen-bond acceptors (Lipinski definition) is 7. The van der Waals surface area contributed by atoms with Gasteiger partial charge in [0.25, 0.3) is 0 Å². The molecule has 2 aromatic carbocycles. The fourth-order valence-corrected chi connectivity index (χ4v) is 7.80. The van der Waals surface area contributed by atoms with Crippen molar-refractivity contribution in [1.82, 2.24) is 13.9 Å². The lowest BCUT2D eigenvalue weighted by molar-refractivity contribution is -0.128. The van der Waals surface area contributed by atoms with Crippen LogP contribution in [0.25, 0.3) is 5.69 Å². The molecule has 2 aliphatic carbocycles. The van der Waals surface area contributed by atoms with Crippen molar-refractivity contribution in [3.05, 3.63) is 90.7 Å². The van der Waals surface area contributed by atoms with Crippen molar-refractivity contribution in [1.29, 1.82) is 0 Å². The average Bonchev–Trinajstić information content (AvgIpc) is 3.25. The van der Waals surface area contributed by atoms with Gasteiger partial charge in [0, 0.05) is 30.0 Å². The average molecular weight is 653 g/mol. The Balaban J connectivity index is 1.70. The van der Waals surface area contributed by atoms with E-state index in [0.29, 0.717) is 11.3 Å². The number of carbonyl (C=O) groups excluding carboxylic acids is 2. The maximum atomic E-state index is 14.0. The molecule has 1 saturated carbocycles. The van der Waals surface area contributed by atoms with Crippen molar-refractivity contribution < 1.29 is 24.2 Å². The van der Waals surface area contributed by atoms with E-state index >= 15 is 0 Å². The lowest BCUT2D eigenvalue weighted by Crippen LogP contribution is -2.67. The van der Waals surface area contributed by atoms with E-state index < -0.39 is 54.7 Å². The molecule has 2 heterocycles. The maximum Gasteiger partial charge on any atom is 0.352 e. The van der Waals surface area contributed by atoms with Crippen LogP contribution in [0.15, 0.2) is 73.8 Å². The zero-order chi connectivity index (χ0) is 30.3. The molecule has 0 radical (unpaired) electrons. The van der Waals surface area contributed by atoms with Gasteiger partial charge in [-0.3, -0.25) is 9.59 Å². The quantitative estimate of drug-likeness (QED) is 0.334. The predicted molar refractivity (Wildman–Crippen MR) is 156 cm³/mol. The number of hydrogen-bond donors (Lipinski definition) is 1. The van der Waals surface area contributed by atoms with E-state index in [0.717, 1.165) is 4.57 Å². The Labute approximate surface area is 257 Å². The van der Waals surface area contributed by atoms with Crippen LogP contribution in [0, 0.1) is 0 Å². The number of alkyl halides is 2. The Kier molecular flexibility index (Phi) is 6.69. The van der Waals surface area contributed by atoms with E-state index in [-0.39, 0.29) is 35.8 Å². The summed E-state index contributed by atoms with van der Waals surface area (Å²) >= 11 is 27.0. The molecular weight excluding hydrogens is 632 g/mol. The molecule has 218 valence electrons. The van der Waals surface area contributed by atoms with Crippen molar-refractivity contribution in [2.75, 3.05) is 14.2 Å². The number of aromatic hydroxyl groups is 1.